The first-order valence-electron chi connectivity index (χ1n) is 5.93. The van der Waals surface area contributed by atoms with Crippen LogP contribution in [0.15, 0.2) is 12.3 Å². The summed E-state index contributed by atoms with van der Waals surface area (Å²) in [5.74, 6) is -0.326. The molecule has 1 fully saturated rings. The Balaban J connectivity index is 2.21. The second-order valence-corrected chi connectivity index (χ2v) is 4.72. The molecule has 1 saturated heterocycles. The van der Waals surface area contributed by atoms with Crippen molar-refractivity contribution in [1.82, 2.24) is 9.88 Å². The minimum Gasteiger partial charge on any atom is -0.478 e. The molecule has 0 saturated carbocycles. The minimum absolute atomic E-state index is 0.124. The number of rotatable bonds is 2. The van der Waals surface area contributed by atoms with E-state index in [0.29, 0.717) is 17.5 Å². The number of likely N-dealkylation sites (N-methyl/N-ethyl adjacent to an activating group) is 1. The zero-order chi connectivity index (χ0) is 13.3. The normalized spacial score (nSPS) is 21.0. The lowest BCUT2D eigenvalue weighted by molar-refractivity contribution is 0.0696. The first-order valence-corrected chi connectivity index (χ1v) is 5.93. The molecular formula is C12H18N4O2. The largest absolute Gasteiger partial charge is 0.478 e. The number of nitrogens with zero attached hydrogens (tertiary/aromatic N) is 3. The smallest absolute Gasteiger partial charge is 0.337 e. The molecule has 0 amide bonds. The number of hydrogen-bond acceptors (Lipinski definition) is 5. The van der Waals surface area contributed by atoms with Crippen molar-refractivity contribution < 1.29 is 9.90 Å². The molecular weight excluding hydrogens is 232 g/mol. The van der Waals surface area contributed by atoms with Gasteiger partial charge in [0.25, 0.3) is 0 Å². The molecule has 1 atom stereocenters. The number of carboxylic acids is 1. The van der Waals surface area contributed by atoms with Crippen LogP contribution in [0.1, 0.15) is 17.3 Å². The monoisotopic (exact) mass is 250 g/mol. The average Bonchev–Trinajstić information content (AvgIpc) is 2.32. The summed E-state index contributed by atoms with van der Waals surface area (Å²) in [5.41, 5.74) is 6.44. The molecule has 0 bridgehead atoms. The fourth-order valence-corrected chi connectivity index (χ4v) is 2.10. The lowest BCUT2D eigenvalue weighted by Gasteiger charge is -2.38. The fourth-order valence-electron chi connectivity index (χ4n) is 2.10. The van der Waals surface area contributed by atoms with Gasteiger partial charge in [0.15, 0.2) is 5.82 Å². The van der Waals surface area contributed by atoms with Crippen LogP contribution in [0, 0.1) is 0 Å². The molecule has 0 spiro atoms. The summed E-state index contributed by atoms with van der Waals surface area (Å²) < 4.78 is 0. The maximum absolute atomic E-state index is 10.8. The van der Waals surface area contributed by atoms with E-state index in [2.05, 4.69) is 28.8 Å². The van der Waals surface area contributed by atoms with Gasteiger partial charge in [-0.15, -0.1) is 0 Å². The molecule has 2 heterocycles. The van der Waals surface area contributed by atoms with Gasteiger partial charge in [-0.05, 0) is 20.0 Å². The van der Waals surface area contributed by atoms with Crippen LogP contribution in [0.25, 0.3) is 0 Å². The molecule has 98 valence electrons. The van der Waals surface area contributed by atoms with Crippen molar-refractivity contribution in [3.05, 3.63) is 17.8 Å². The summed E-state index contributed by atoms with van der Waals surface area (Å²) in [5, 5.41) is 8.87. The van der Waals surface area contributed by atoms with Crippen LogP contribution in [0.2, 0.25) is 0 Å². The van der Waals surface area contributed by atoms with Crippen molar-refractivity contribution in [2.45, 2.75) is 13.0 Å². The number of aromatic nitrogens is 1. The Kier molecular flexibility index (Phi) is 3.38. The van der Waals surface area contributed by atoms with E-state index in [1.807, 2.05) is 0 Å². The van der Waals surface area contributed by atoms with E-state index < -0.39 is 5.97 Å². The van der Waals surface area contributed by atoms with Crippen LogP contribution in [-0.4, -0.2) is 53.7 Å². The van der Waals surface area contributed by atoms with Gasteiger partial charge in [-0.2, -0.15) is 0 Å². The SMILES string of the molecule is CC1CN(c2ncc(C(=O)O)cc2N)CCN1C. The molecule has 0 radical (unpaired) electrons. The zero-order valence-corrected chi connectivity index (χ0v) is 10.6. The van der Waals surface area contributed by atoms with Gasteiger partial charge < -0.3 is 20.6 Å². The fraction of sp³-hybridized carbons (Fsp3) is 0.500. The van der Waals surface area contributed by atoms with Crippen LogP contribution < -0.4 is 10.6 Å². The maximum Gasteiger partial charge on any atom is 0.337 e. The van der Waals surface area contributed by atoms with Crippen molar-refractivity contribution in [3.63, 3.8) is 0 Å². The predicted molar refractivity (Wildman–Crippen MR) is 69.9 cm³/mol. The molecule has 1 aliphatic rings. The first kappa shape index (κ1) is 12.6. The third kappa shape index (κ3) is 2.38. The minimum atomic E-state index is -1.01. The van der Waals surface area contributed by atoms with Gasteiger partial charge in [-0.25, -0.2) is 9.78 Å². The van der Waals surface area contributed by atoms with Crippen molar-refractivity contribution in [2.75, 3.05) is 37.3 Å². The summed E-state index contributed by atoms with van der Waals surface area (Å²) >= 11 is 0. The quantitative estimate of drug-likeness (QED) is 0.795. The highest BCUT2D eigenvalue weighted by Crippen LogP contribution is 2.23. The number of nitrogen functional groups attached to an aromatic ring is 1. The molecule has 1 aromatic heterocycles. The van der Waals surface area contributed by atoms with Gasteiger partial charge in [0.1, 0.15) is 0 Å². The number of aromatic carboxylic acids is 1. The van der Waals surface area contributed by atoms with E-state index in [1.54, 1.807) is 0 Å². The van der Waals surface area contributed by atoms with Gasteiger partial charge in [0.05, 0.1) is 11.3 Å². The highest BCUT2D eigenvalue weighted by atomic mass is 16.4. The Labute approximate surface area is 106 Å². The number of carbonyl (C=O) groups is 1. The molecule has 0 aromatic carbocycles. The van der Waals surface area contributed by atoms with Crippen molar-refractivity contribution >= 4 is 17.5 Å². The third-order valence-corrected chi connectivity index (χ3v) is 3.40. The van der Waals surface area contributed by atoms with Gasteiger partial charge in [0, 0.05) is 31.9 Å². The molecule has 1 aromatic rings. The van der Waals surface area contributed by atoms with Crippen molar-refractivity contribution in [1.29, 1.82) is 0 Å². The van der Waals surface area contributed by atoms with Crippen LogP contribution in [0.5, 0.6) is 0 Å². The van der Waals surface area contributed by atoms with Gasteiger partial charge in [0.2, 0.25) is 0 Å². The van der Waals surface area contributed by atoms with Crippen molar-refractivity contribution in [2.24, 2.45) is 0 Å². The Bertz CT molecular complexity index is 463. The zero-order valence-electron chi connectivity index (χ0n) is 10.6. The molecule has 1 unspecified atom stereocenters. The lowest BCUT2D eigenvalue weighted by atomic mass is 10.2. The van der Waals surface area contributed by atoms with Crippen molar-refractivity contribution in [3.8, 4) is 0 Å². The van der Waals surface area contributed by atoms with Crippen LogP contribution in [-0.2, 0) is 0 Å². The number of anilines is 2. The highest BCUT2D eigenvalue weighted by Gasteiger charge is 2.23. The van der Waals surface area contributed by atoms with Crippen LogP contribution >= 0.6 is 0 Å². The standard InChI is InChI=1S/C12H18N4O2/c1-8-7-16(4-3-15(8)2)11-10(13)5-9(6-14-11)12(17)18/h5-6,8H,3-4,7,13H2,1-2H3,(H,17,18). The van der Waals surface area contributed by atoms with E-state index in [4.69, 9.17) is 10.8 Å². The number of pyridine rings is 1. The molecule has 1 aliphatic heterocycles. The number of hydrogen-bond donors (Lipinski definition) is 2. The molecule has 6 nitrogen and oxygen atoms in total. The predicted octanol–water partition coefficient (Wildman–Crippen LogP) is 0.502. The summed E-state index contributed by atoms with van der Waals surface area (Å²) in [4.78, 5) is 19.4. The summed E-state index contributed by atoms with van der Waals surface area (Å²) in [6, 6.07) is 1.90. The van der Waals surface area contributed by atoms with E-state index in [9.17, 15) is 4.79 Å². The highest BCUT2D eigenvalue weighted by molar-refractivity contribution is 5.89. The lowest BCUT2D eigenvalue weighted by Crippen LogP contribution is -2.50. The first-order chi connectivity index (χ1) is 8.49. The average molecular weight is 250 g/mol. The molecule has 0 aliphatic carbocycles. The Morgan fingerprint density at radius 3 is 2.83 bits per heavy atom. The van der Waals surface area contributed by atoms with E-state index in [0.717, 1.165) is 19.6 Å². The molecule has 18 heavy (non-hydrogen) atoms. The van der Waals surface area contributed by atoms with Gasteiger partial charge >= 0.3 is 5.97 Å². The Morgan fingerprint density at radius 2 is 2.28 bits per heavy atom. The van der Waals surface area contributed by atoms with E-state index >= 15 is 0 Å². The Morgan fingerprint density at radius 1 is 1.56 bits per heavy atom. The number of carboxylic acid groups (broad SMARTS) is 1. The maximum atomic E-state index is 10.8. The molecule has 3 N–H and O–H groups in total. The molecule has 6 heteroatoms. The van der Waals surface area contributed by atoms with E-state index in [-0.39, 0.29) is 5.56 Å². The van der Waals surface area contributed by atoms with Crippen LogP contribution in [0.4, 0.5) is 11.5 Å². The van der Waals surface area contributed by atoms with Crippen LogP contribution in [0.3, 0.4) is 0 Å². The summed E-state index contributed by atoms with van der Waals surface area (Å²) in [6.07, 6.45) is 1.36. The Hall–Kier alpha value is -1.82. The number of piperazine rings is 1. The van der Waals surface area contributed by atoms with E-state index in [1.165, 1.54) is 12.3 Å². The van der Waals surface area contributed by atoms with Gasteiger partial charge in [-0.1, -0.05) is 0 Å². The third-order valence-electron chi connectivity index (χ3n) is 3.40. The second kappa shape index (κ2) is 4.81. The summed E-state index contributed by atoms with van der Waals surface area (Å²) in [7, 11) is 2.09. The topological polar surface area (TPSA) is 82.7 Å². The van der Waals surface area contributed by atoms with Gasteiger partial charge in [-0.3, -0.25) is 0 Å². The second-order valence-electron chi connectivity index (χ2n) is 4.72. The molecule has 2 rings (SSSR count). The summed E-state index contributed by atoms with van der Waals surface area (Å²) in [6.45, 7) is 4.79. The number of nitrogens with two attached hydrogens (primary N) is 1.